The van der Waals surface area contributed by atoms with E-state index in [1.54, 1.807) is 6.92 Å². The van der Waals surface area contributed by atoms with Gasteiger partial charge in [-0.25, -0.2) is 0 Å². The van der Waals surface area contributed by atoms with Gasteiger partial charge in [-0.3, -0.25) is 9.59 Å². The van der Waals surface area contributed by atoms with Crippen LogP contribution < -0.4 is 10.6 Å². The van der Waals surface area contributed by atoms with Crippen LogP contribution >= 0.6 is 23.2 Å². The van der Waals surface area contributed by atoms with Gasteiger partial charge in [0.2, 0.25) is 11.8 Å². The molecule has 0 bridgehead atoms. The molecule has 70 valence electrons. The van der Waals surface area contributed by atoms with E-state index in [0.717, 1.165) is 0 Å². The summed E-state index contributed by atoms with van der Waals surface area (Å²) in [5.41, 5.74) is 0. The molecule has 0 aromatic heterocycles. The van der Waals surface area contributed by atoms with E-state index >= 15 is 0 Å². The standard InChI is InChI=1S/C6H10Cl2N2O2/c1-4(9-5(11)2-7)10-6(12)3-8/h4H,2-3H2,1H3,(H,9,11)(H,10,12). The Balaban J connectivity index is 3.66. The second-order valence-corrected chi connectivity index (χ2v) is 2.66. The molecule has 2 N–H and O–H groups in total. The van der Waals surface area contributed by atoms with Crippen molar-refractivity contribution in [1.29, 1.82) is 0 Å². The quantitative estimate of drug-likeness (QED) is 0.511. The molecule has 4 nitrogen and oxygen atoms in total. The molecular weight excluding hydrogens is 203 g/mol. The van der Waals surface area contributed by atoms with Crippen molar-refractivity contribution in [2.24, 2.45) is 0 Å². The molecule has 0 aliphatic carbocycles. The number of hydrogen-bond acceptors (Lipinski definition) is 2. The largest absolute Gasteiger partial charge is 0.335 e. The van der Waals surface area contributed by atoms with Crippen LogP contribution in [-0.4, -0.2) is 29.7 Å². The number of nitrogens with one attached hydrogen (secondary N) is 2. The summed E-state index contributed by atoms with van der Waals surface area (Å²) in [6.07, 6.45) is -0.442. The minimum Gasteiger partial charge on any atom is -0.335 e. The number of alkyl halides is 2. The molecule has 0 unspecified atom stereocenters. The van der Waals surface area contributed by atoms with Crippen molar-refractivity contribution in [3.8, 4) is 0 Å². The monoisotopic (exact) mass is 212 g/mol. The third kappa shape index (κ3) is 5.21. The van der Waals surface area contributed by atoms with Gasteiger partial charge in [-0.1, -0.05) is 0 Å². The first-order chi connectivity index (χ1) is 5.60. The predicted octanol–water partition coefficient (Wildman–Crippen LogP) is 0.0424. The molecule has 0 spiro atoms. The summed E-state index contributed by atoms with van der Waals surface area (Å²) in [6, 6.07) is 0. The molecule has 0 saturated heterocycles. The Labute approximate surface area is 80.6 Å². The number of carbonyl (C=O) groups excluding carboxylic acids is 2. The lowest BCUT2D eigenvalue weighted by molar-refractivity contribution is -0.121. The summed E-state index contributed by atoms with van der Waals surface area (Å²) >= 11 is 10.4. The Kier molecular flexibility index (Phi) is 5.84. The van der Waals surface area contributed by atoms with Gasteiger partial charge in [-0.05, 0) is 6.92 Å². The maximum atomic E-state index is 10.7. The first kappa shape index (κ1) is 11.5. The van der Waals surface area contributed by atoms with Crippen molar-refractivity contribution in [2.45, 2.75) is 13.1 Å². The zero-order chi connectivity index (χ0) is 9.56. The van der Waals surface area contributed by atoms with Crippen molar-refractivity contribution >= 4 is 35.0 Å². The third-order valence-corrected chi connectivity index (χ3v) is 1.48. The van der Waals surface area contributed by atoms with E-state index in [4.69, 9.17) is 23.2 Å². The van der Waals surface area contributed by atoms with Gasteiger partial charge in [0.1, 0.15) is 11.8 Å². The molecule has 0 rings (SSSR count). The fraction of sp³-hybridized carbons (Fsp3) is 0.667. The van der Waals surface area contributed by atoms with Crippen LogP contribution in [0.15, 0.2) is 0 Å². The molecule has 0 aromatic carbocycles. The highest BCUT2D eigenvalue weighted by Crippen LogP contribution is 1.81. The smallest absolute Gasteiger partial charge is 0.236 e. The Hall–Kier alpha value is -0.480. The van der Waals surface area contributed by atoms with E-state index in [1.807, 2.05) is 0 Å². The van der Waals surface area contributed by atoms with E-state index in [2.05, 4.69) is 10.6 Å². The van der Waals surface area contributed by atoms with Gasteiger partial charge in [0.05, 0.1) is 6.17 Å². The molecule has 2 amide bonds. The molecule has 0 radical (unpaired) electrons. The molecule has 0 aromatic rings. The van der Waals surface area contributed by atoms with Gasteiger partial charge >= 0.3 is 0 Å². The predicted molar refractivity (Wildman–Crippen MR) is 47.2 cm³/mol. The van der Waals surface area contributed by atoms with Crippen molar-refractivity contribution in [3.63, 3.8) is 0 Å². The molecule has 0 heterocycles. The summed E-state index contributed by atoms with van der Waals surface area (Å²) in [5.74, 6) is -0.916. The first-order valence-corrected chi connectivity index (χ1v) is 4.37. The maximum Gasteiger partial charge on any atom is 0.236 e. The minimum absolute atomic E-state index is 0.124. The Morgan fingerprint density at radius 1 is 1.17 bits per heavy atom. The SMILES string of the molecule is CC(NC(=O)CCl)NC(=O)CCl. The number of halogens is 2. The molecule has 0 aliphatic rings. The van der Waals surface area contributed by atoms with Crippen LogP contribution in [0.3, 0.4) is 0 Å². The summed E-state index contributed by atoms with van der Waals surface area (Å²) in [4.78, 5) is 21.3. The van der Waals surface area contributed by atoms with Gasteiger partial charge in [-0.2, -0.15) is 0 Å². The topological polar surface area (TPSA) is 58.2 Å². The second kappa shape index (κ2) is 6.08. The van der Waals surface area contributed by atoms with Crippen LogP contribution in [0.5, 0.6) is 0 Å². The summed E-state index contributed by atoms with van der Waals surface area (Å²) in [6.45, 7) is 1.62. The Morgan fingerprint density at radius 2 is 1.50 bits per heavy atom. The molecule has 0 atom stereocenters. The van der Waals surface area contributed by atoms with Gasteiger partial charge in [0.25, 0.3) is 0 Å². The van der Waals surface area contributed by atoms with Crippen LogP contribution in [-0.2, 0) is 9.59 Å². The lowest BCUT2D eigenvalue weighted by atomic mass is 10.5. The van der Waals surface area contributed by atoms with Gasteiger partial charge in [-0.15, -0.1) is 23.2 Å². The molecule has 12 heavy (non-hydrogen) atoms. The molecule has 0 fully saturated rings. The number of amides is 2. The van der Waals surface area contributed by atoms with Crippen molar-refractivity contribution < 1.29 is 9.59 Å². The van der Waals surface area contributed by atoms with Crippen LogP contribution in [0, 0.1) is 0 Å². The normalized spacial score (nSPS) is 9.67. The lowest BCUT2D eigenvalue weighted by Crippen LogP contribution is -2.46. The molecule has 6 heteroatoms. The van der Waals surface area contributed by atoms with E-state index in [-0.39, 0.29) is 23.6 Å². The summed E-state index contributed by atoms with van der Waals surface area (Å²) < 4.78 is 0. The van der Waals surface area contributed by atoms with E-state index < -0.39 is 6.17 Å². The highest BCUT2D eigenvalue weighted by Gasteiger charge is 2.07. The van der Waals surface area contributed by atoms with Gasteiger partial charge < -0.3 is 10.6 Å². The van der Waals surface area contributed by atoms with E-state index in [0.29, 0.717) is 0 Å². The van der Waals surface area contributed by atoms with Crippen LogP contribution in [0.2, 0.25) is 0 Å². The zero-order valence-electron chi connectivity index (χ0n) is 6.56. The number of carbonyl (C=O) groups is 2. The second-order valence-electron chi connectivity index (χ2n) is 2.12. The average molecular weight is 213 g/mol. The lowest BCUT2D eigenvalue weighted by Gasteiger charge is -2.13. The average Bonchev–Trinajstić information content (AvgIpc) is 2.03. The van der Waals surface area contributed by atoms with Crippen LogP contribution in [0.1, 0.15) is 6.92 Å². The van der Waals surface area contributed by atoms with Crippen molar-refractivity contribution in [2.75, 3.05) is 11.8 Å². The number of hydrogen-bond donors (Lipinski definition) is 2. The molecular formula is C6H10Cl2N2O2. The zero-order valence-corrected chi connectivity index (χ0v) is 8.08. The fourth-order valence-electron chi connectivity index (χ4n) is 0.596. The summed E-state index contributed by atoms with van der Waals surface area (Å²) in [7, 11) is 0. The van der Waals surface area contributed by atoms with Crippen LogP contribution in [0.25, 0.3) is 0 Å². The highest BCUT2D eigenvalue weighted by molar-refractivity contribution is 6.27. The first-order valence-electron chi connectivity index (χ1n) is 3.30. The highest BCUT2D eigenvalue weighted by atomic mass is 35.5. The van der Waals surface area contributed by atoms with Crippen molar-refractivity contribution in [1.82, 2.24) is 10.6 Å². The maximum absolute atomic E-state index is 10.7. The molecule has 0 saturated carbocycles. The van der Waals surface area contributed by atoms with E-state index in [9.17, 15) is 9.59 Å². The summed E-state index contributed by atoms with van der Waals surface area (Å²) in [5, 5.41) is 4.87. The van der Waals surface area contributed by atoms with Crippen LogP contribution in [0.4, 0.5) is 0 Å². The number of rotatable bonds is 4. The Bertz CT molecular complexity index is 157. The fourth-order valence-corrected chi connectivity index (χ4v) is 0.751. The third-order valence-electron chi connectivity index (χ3n) is 0.998. The minimum atomic E-state index is -0.442. The van der Waals surface area contributed by atoms with E-state index in [1.165, 1.54) is 0 Å². The van der Waals surface area contributed by atoms with Gasteiger partial charge in [0.15, 0.2) is 0 Å². The van der Waals surface area contributed by atoms with Crippen molar-refractivity contribution in [3.05, 3.63) is 0 Å². The Morgan fingerprint density at radius 3 is 1.75 bits per heavy atom. The molecule has 0 aliphatic heterocycles. The van der Waals surface area contributed by atoms with Gasteiger partial charge in [0, 0.05) is 0 Å².